The standard InChI is InChI=1S/C45H45F3N2O3P/c46-45(47,48)36-27-25-34(26-28-36)42(49-29-31-53-32-30-49)44(52)50(37-16-5-1-6-17-37)43(51)41-24-14-13-15-35(41)33-54(38-18-7-2-8-19-38,39-20-9-3-10-21-39)40-22-11-4-12-23-40/h2-4,7-15,18-28,37,42H,1,5-6,16-17,29-33H2/q+1. The SMILES string of the molecule is O=C(c1ccccc1C[P+](c1ccccc1)(c1ccccc1)c1ccccc1)N(C(=O)C(c1ccc(C(F)(F)F)cc1)N1CCOCC1)C1CCCCC1. The first kappa shape index (κ1) is 37.7. The fourth-order valence-corrected chi connectivity index (χ4v) is 12.4. The molecule has 0 aromatic heterocycles. The molecule has 2 amide bonds. The van der Waals surface area contributed by atoms with Crippen molar-refractivity contribution in [1.29, 1.82) is 0 Å². The van der Waals surface area contributed by atoms with Gasteiger partial charge in [-0.25, -0.2) is 0 Å². The molecule has 1 heterocycles. The number of nitrogens with zero attached hydrogens (tertiary/aromatic N) is 2. The number of carbonyl (C=O) groups is 2. The Hall–Kier alpha value is -4.62. The Bertz CT molecular complexity index is 1900. The summed E-state index contributed by atoms with van der Waals surface area (Å²) in [6.45, 7) is 1.60. The normalized spacial score (nSPS) is 16.4. The van der Waals surface area contributed by atoms with Gasteiger partial charge < -0.3 is 4.74 Å². The van der Waals surface area contributed by atoms with E-state index in [9.17, 15) is 13.2 Å². The maximum atomic E-state index is 15.3. The number of amides is 2. The van der Waals surface area contributed by atoms with Crippen LogP contribution in [0.5, 0.6) is 0 Å². The predicted octanol–water partition coefficient (Wildman–Crippen LogP) is 8.57. The van der Waals surface area contributed by atoms with Crippen LogP contribution in [0, 0.1) is 0 Å². The average Bonchev–Trinajstić information content (AvgIpc) is 3.22. The van der Waals surface area contributed by atoms with Crippen molar-refractivity contribution in [3.05, 3.63) is 162 Å². The molecule has 54 heavy (non-hydrogen) atoms. The highest BCUT2D eigenvalue weighted by atomic mass is 31.2. The minimum Gasteiger partial charge on any atom is -0.379 e. The van der Waals surface area contributed by atoms with Crippen LogP contribution >= 0.6 is 7.26 Å². The summed E-state index contributed by atoms with van der Waals surface area (Å²) in [7, 11) is -2.41. The van der Waals surface area contributed by atoms with E-state index in [4.69, 9.17) is 4.74 Å². The number of halogens is 3. The third-order valence-corrected chi connectivity index (χ3v) is 15.2. The van der Waals surface area contributed by atoms with Gasteiger partial charge in [0.05, 0.1) is 24.9 Å². The van der Waals surface area contributed by atoms with E-state index in [1.807, 2.05) is 47.4 Å². The van der Waals surface area contributed by atoms with Crippen LogP contribution in [-0.4, -0.2) is 54.0 Å². The Morgan fingerprint density at radius 2 is 1.19 bits per heavy atom. The van der Waals surface area contributed by atoms with Crippen LogP contribution < -0.4 is 15.9 Å². The fraction of sp³-hybridized carbons (Fsp3) is 0.289. The van der Waals surface area contributed by atoms with Crippen LogP contribution in [0.3, 0.4) is 0 Å². The maximum Gasteiger partial charge on any atom is 0.416 e. The highest BCUT2D eigenvalue weighted by Crippen LogP contribution is 2.58. The van der Waals surface area contributed by atoms with Crippen LogP contribution in [0.2, 0.25) is 0 Å². The zero-order chi connectivity index (χ0) is 37.5. The van der Waals surface area contributed by atoms with Crippen molar-refractivity contribution >= 4 is 35.0 Å². The van der Waals surface area contributed by atoms with Crippen LogP contribution in [-0.2, 0) is 21.9 Å². The quantitative estimate of drug-likeness (QED) is 0.134. The Labute approximate surface area is 316 Å². The van der Waals surface area contributed by atoms with Crippen molar-refractivity contribution in [3.8, 4) is 0 Å². The van der Waals surface area contributed by atoms with Crippen molar-refractivity contribution in [2.24, 2.45) is 0 Å². The molecule has 1 atom stereocenters. The third-order valence-electron chi connectivity index (χ3n) is 10.8. The van der Waals surface area contributed by atoms with Crippen molar-refractivity contribution in [3.63, 3.8) is 0 Å². The minimum absolute atomic E-state index is 0.332. The predicted molar refractivity (Wildman–Crippen MR) is 210 cm³/mol. The molecule has 5 nitrogen and oxygen atoms in total. The summed E-state index contributed by atoms with van der Waals surface area (Å²) >= 11 is 0. The summed E-state index contributed by atoms with van der Waals surface area (Å²) in [5.74, 6) is -0.765. The van der Waals surface area contributed by atoms with Gasteiger partial charge in [-0.2, -0.15) is 13.2 Å². The molecule has 2 aliphatic rings. The lowest BCUT2D eigenvalue weighted by atomic mass is 9.91. The molecule has 7 rings (SSSR count). The van der Waals surface area contributed by atoms with Gasteiger partial charge in [-0.3, -0.25) is 19.4 Å². The molecule has 1 saturated carbocycles. The second-order valence-electron chi connectivity index (χ2n) is 14.1. The third kappa shape index (κ3) is 7.93. The lowest BCUT2D eigenvalue weighted by Crippen LogP contribution is -2.52. The van der Waals surface area contributed by atoms with Gasteiger partial charge in [0.2, 0.25) is 0 Å². The fourth-order valence-electron chi connectivity index (χ4n) is 8.14. The van der Waals surface area contributed by atoms with Gasteiger partial charge in [-0.1, -0.05) is 104 Å². The van der Waals surface area contributed by atoms with Crippen molar-refractivity contribution in [2.45, 2.75) is 56.5 Å². The first-order valence-electron chi connectivity index (χ1n) is 18.8. The van der Waals surface area contributed by atoms with Crippen LogP contribution in [0.25, 0.3) is 0 Å². The molecule has 0 bridgehead atoms. The average molecular weight is 750 g/mol. The molecule has 5 aromatic rings. The minimum atomic E-state index is -4.51. The number of morpholine rings is 1. The monoisotopic (exact) mass is 749 g/mol. The molecule has 1 saturated heterocycles. The molecular formula is C45H45F3N2O3P+. The van der Waals surface area contributed by atoms with Crippen molar-refractivity contribution in [1.82, 2.24) is 9.80 Å². The van der Waals surface area contributed by atoms with E-state index in [2.05, 4.69) is 72.8 Å². The van der Waals surface area contributed by atoms with E-state index in [1.54, 1.807) is 0 Å². The first-order chi connectivity index (χ1) is 26.3. The molecular weight excluding hydrogens is 704 g/mol. The van der Waals surface area contributed by atoms with Gasteiger partial charge in [-0.05, 0) is 73.0 Å². The van der Waals surface area contributed by atoms with Crippen molar-refractivity contribution < 1.29 is 27.5 Å². The number of imide groups is 1. The summed E-state index contributed by atoms with van der Waals surface area (Å²) in [4.78, 5) is 34.0. The van der Waals surface area contributed by atoms with Crippen LogP contribution in [0.15, 0.2) is 140 Å². The molecule has 0 radical (unpaired) electrons. The van der Waals surface area contributed by atoms with E-state index >= 15 is 9.59 Å². The smallest absolute Gasteiger partial charge is 0.379 e. The lowest BCUT2D eigenvalue weighted by Gasteiger charge is -2.40. The summed E-state index contributed by atoms with van der Waals surface area (Å²) < 4.78 is 46.5. The van der Waals surface area contributed by atoms with Crippen molar-refractivity contribution in [2.75, 3.05) is 26.3 Å². The number of benzene rings is 5. The van der Waals surface area contributed by atoms with Gasteiger partial charge in [0.1, 0.15) is 29.2 Å². The Morgan fingerprint density at radius 3 is 1.70 bits per heavy atom. The summed E-state index contributed by atoms with van der Waals surface area (Å²) in [5.41, 5.74) is 0.963. The summed E-state index contributed by atoms with van der Waals surface area (Å²) in [6, 6.07) is 42.6. The van der Waals surface area contributed by atoms with Crippen LogP contribution in [0.1, 0.15) is 65.2 Å². The highest BCUT2D eigenvalue weighted by molar-refractivity contribution is 7.95. The van der Waals surface area contributed by atoms with E-state index in [1.165, 1.54) is 32.9 Å². The molecule has 1 aliphatic heterocycles. The Morgan fingerprint density at radius 1 is 0.685 bits per heavy atom. The Balaban J connectivity index is 1.34. The van der Waals surface area contributed by atoms with Crippen LogP contribution in [0.4, 0.5) is 13.2 Å². The van der Waals surface area contributed by atoms with Gasteiger partial charge >= 0.3 is 6.18 Å². The Kier molecular flexibility index (Phi) is 11.7. The number of ether oxygens (including phenoxy) is 1. The zero-order valence-electron chi connectivity index (χ0n) is 30.2. The van der Waals surface area contributed by atoms with Gasteiger partial charge in [0.25, 0.3) is 11.8 Å². The maximum absolute atomic E-state index is 15.3. The van der Waals surface area contributed by atoms with E-state index in [0.717, 1.165) is 37.0 Å². The number of alkyl halides is 3. The molecule has 9 heteroatoms. The zero-order valence-corrected chi connectivity index (χ0v) is 31.1. The highest BCUT2D eigenvalue weighted by Gasteiger charge is 2.47. The molecule has 0 N–H and O–H groups in total. The number of rotatable bonds is 10. The lowest BCUT2D eigenvalue weighted by molar-refractivity contribution is -0.139. The largest absolute Gasteiger partial charge is 0.416 e. The molecule has 1 aliphatic carbocycles. The number of hydrogen-bond acceptors (Lipinski definition) is 4. The molecule has 278 valence electrons. The molecule has 5 aromatic carbocycles. The molecule has 1 unspecified atom stereocenters. The van der Waals surface area contributed by atoms with Gasteiger partial charge in [0.15, 0.2) is 0 Å². The second-order valence-corrected chi connectivity index (χ2v) is 17.6. The van der Waals surface area contributed by atoms with E-state index < -0.39 is 31.0 Å². The van der Waals surface area contributed by atoms with Gasteiger partial charge in [0, 0.05) is 30.3 Å². The number of hydrogen-bond donors (Lipinski definition) is 0. The summed E-state index contributed by atoms with van der Waals surface area (Å²) in [5, 5.41) is 3.54. The number of carbonyl (C=O) groups excluding carboxylic acids is 2. The van der Waals surface area contributed by atoms with E-state index in [-0.39, 0.29) is 11.9 Å². The van der Waals surface area contributed by atoms with E-state index in [0.29, 0.717) is 56.4 Å². The molecule has 2 fully saturated rings. The first-order valence-corrected chi connectivity index (χ1v) is 20.7. The molecule has 0 spiro atoms. The summed E-state index contributed by atoms with van der Waals surface area (Å²) in [6.07, 6.45) is 0.183. The van der Waals surface area contributed by atoms with Gasteiger partial charge in [-0.15, -0.1) is 0 Å². The topological polar surface area (TPSA) is 49.9 Å². The second kappa shape index (κ2) is 16.8.